The number of hydrogen-bond acceptors (Lipinski definition) is 7. The van der Waals surface area contributed by atoms with Crippen molar-refractivity contribution in [3.8, 4) is 0 Å². The van der Waals surface area contributed by atoms with Gasteiger partial charge in [0.2, 0.25) is 5.95 Å². The van der Waals surface area contributed by atoms with E-state index in [2.05, 4.69) is 30.8 Å². The van der Waals surface area contributed by atoms with E-state index in [1.54, 1.807) is 0 Å². The number of aryl methyl sites for hydroxylation is 2. The molecule has 2 aromatic rings. The maximum absolute atomic E-state index is 9.49. The molecule has 3 N–H and O–H groups in total. The Bertz CT molecular complexity index is 702. The van der Waals surface area contributed by atoms with Crippen molar-refractivity contribution >= 4 is 11.8 Å². The SMILES string of the molecule is Cc1cccc(CN2CCN(c3cc(C)nc(N)n3)C[C@H]2CCO)n1. The Labute approximate surface area is 148 Å². The Kier molecular flexibility index (Phi) is 5.45. The van der Waals surface area contributed by atoms with Crippen LogP contribution >= 0.6 is 0 Å². The fourth-order valence-corrected chi connectivity index (χ4v) is 3.36. The molecule has 1 fully saturated rings. The highest BCUT2D eigenvalue weighted by Gasteiger charge is 2.28. The molecule has 0 spiro atoms. The van der Waals surface area contributed by atoms with Crippen LogP contribution in [0.2, 0.25) is 0 Å². The van der Waals surface area contributed by atoms with Crippen LogP contribution in [0.3, 0.4) is 0 Å². The van der Waals surface area contributed by atoms with Crippen molar-refractivity contribution in [3.05, 3.63) is 41.3 Å². The van der Waals surface area contributed by atoms with Crippen LogP contribution in [0.4, 0.5) is 11.8 Å². The fraction of sp³-hybridized carbons (Fsp3) is 0.500. The maximum Gasteiger partial charge on any atom is 0.222 e. The molecule has 0 aromatic carbocycles. The van der Waals surface area contributed by atoms with Gasteiger partial charge in [0.25, 0.3) is 0 Å². The van der Waals surface area contributed by atoms with Crippen LogP contribution < -0.4 is 10.6 Å². The first-order chi connectivity index (χ1) is 12.0. The zero-order chi connectivity index (χ0) is 17.8. The highest BCUT2D eigenvalue weighted by atomic mass is 16.3. The van der Waals surface area contributed by atoms with E-state index in [0.29, 0.717) is 5.95 Å². The Balaban J connectivity index is 1.73. The van der Waals surface area contributed by atoms with Gasteiger partial charge in [-0.3, -0.25) is 9.88 Å². The molecular formula is C18H26N6O. The first kappa shape index (κ1) is 17.6. The summed E-state index contributed by atoms with van der Waals surface area (Å²) in [6, 6.07) is 8.32. The summed E-state index contributed by atoms with van der Waals surface area (Å²) in [4.78, 5) is 17.7. The van der Waals surface area contributed by atoms with Crippen LogP contribution in [-0.4, -0.2) is 57.2 Å². The third-order valence-electron chi connectivity index (χ3n) is 4.56. The standard InChI is InChI=1S/C18H26N6O/c1-13-4-3-5-15(20-13)11-23-7-8-24(12-16(23)6-9-25)17-10-14(2)21-18(19)22-17/h3-5,10,16,25H,6-9,11-12H2,1-2H3,(H2,19,21,22)/t16-/m1/s1. The summed E-state index contributed by atoms with van der Waals surface area (Å²) >= 11 is 0. The van der Waals surface area contributed by atoms with Crippen LogP contribution in [0.1, 0.15) is 23.5 Å². The van der Waals surface area contributed by atoms with Gasteiger partial charge >= 0.3 is 0 Å². The average Bonchev–Trinajstić information content (AvgIpc) is 2.56. The van der Waals surface area contributed by atoms with Crippen LogP contribution in [0, 0.1) is 13.8 Å². The minimum absolute atomic E-state index is 0.168. The number of nitrogens with zero attached hydrogens (tertiary/aromatic N) is 5. The Morgan fingerprint density at radius 2 is 2.00 bits per heavy atom. The van der Waals surface area contributed by atoms with E-state index in [1.807, 2.05) is 32.0 Å². The second-order valence-electron chi connectivity index (χ2n) is 6.58. The van der Waals surface area contributed by atoms with Gasteiger partial charge in [-0.15, -0.1) is 0 Å². The van der Waals surface area contributed by atoms with Crippen LogP contribution in [0.15, 0.2) is 24.3 Å². The summed E-state index contributed by atoms with van der Waals surface area (Å²) in [5.74, 6) is 1.17. The number of pyridine rings is 1. The molecule has 0 radical (unpaired) electrons. The van der Waals surface area contributed by atoms with E-state index < -0.39 is 0 Å². The van der Waals surface area contributed by atoms with Gasteiger partial charge in [-0.1, -0.05) is 6.07 Å². The van der Waals surface area contributed by atoms with Crippen molar-refractivity contribution in [2.24, 2.45) is 0 Å². The average molecular weight is 342 g/mol. The summed E-state index contributed by atoms with van der Waals surface area (Å²) in [5.41, 5.74) is 8.76. The van der Waals surface area contributed by atoms with E-state index in [1.165, 1.54) is 0 Å². The van der Waals surface area contributed by atoms with Crippen molar-refractivity contribution in [1.29, 1.82) is 0 Å². The van der Waals surface area contributed by atoms with Crippen molar-refractivity contribution in [2.45, 2.75) is 32.9 Å². The molecule has 0 saturated carbocycles. The number of anilines is 2. The number of rotatable bonds is 5. The zero-order valence-corrected chi connectivity index (χ0v) is 14.9. The molecule has 0 bridgehead atoms. The van der Waals surface area contributed by atoms with E-state index in [9.17, 15) is 5.11 Å². The van der Waals surface area contributed by atoms with Crippen molar-refractivity contribution < 1.29 is 5.11 Å². The molecule has 3 rings (SSSR count). The molecule has 1 aliphatic heterocycles. The minimum Gasteiger partial charge on any atom is -0.396 e. The predicted octanol–water partition coefficient (Wildman–Crippen LogP) is 1.14. The topological polar surface area (TPSA) is 91.4 Å². The Hall–Kier alpha value is -2.25. The first-order valence-electron chi connectivity index (χ1n) is 8.68. The third-order valence-corrected chi connectivity index (χ3v) is 4.56. The molecule has 0 amide bonds. The highest BCUT2D eigenvalue weighted by molar-refractivity contribution is 5.44. The molecule has 2 aromatic heterocycles. The number of piperazine rings is 1. The van der Waals surface area contributed by atoms with Crippen molar-refractivity contribution in [3.63, 3.8) is 0 Å². The van der Waals surface area contributed by atoms with Crippen molar-refractivity contribution in [2.75, 3.05) is 36.9 Å². The lowest BCUT2D eigenvalue weighted by molar-refractivity contribution is 0.134. The molecule has 1 atom stereocenters. The van der Waals surface area contributed by atoms with Gasteiger partial charge in [0.05, 0.1) is 5.69 Å². The Morgan fingerprint density at radius 3 is 2.72 bits per heavy atom. The van der Waals surface area contributed by atoms with Gasteiger partial charge in [-0.25, -0.2) is 4.98 Å². The molecular weight excluding hydrogens is 316 g/mol. The summed E-state index contributed by atoms with van der Waals surface area (Å²) in [5, 5.41) is 9.49. The number of nitrogens with two attached hydrogens (primary N) is 1. The highest BCUT2D eigenvalue weighted by Crippen LogP contribution is 2.21. The van der Waals surface area contributed by atoms with Gasteiger partial charge in [0.15, 0.2) is 0 Å². The third kappa shape index (κ3) is 4.43. The Morgan fingerprint density at radius 1 is 1.16 bits per heavy atom. The number of aromatic nitrogens is 3. The van der Waals surface area contributed by atoms with Crippen LogP contribution in [-0.2, 0) is 6.54 Å². The zero-order valence-electron chi connectivity index (χ0n) is 14.9. The monoisotopic (exact) mass is 342 g/mol. The number of aliphatic hydroxyl groups excluding tert-OH is 1. The summed E-state index contributed by atoms with van der Waals surface area (Å²) < 4.78 is 0. The second kappa shape index (κ2) is 7.76. The normalized spacial score (nSPS) is 18.5. The summed E-state index contributed by atoms with van der Waals surface area (Å²) in [6.07, 6.45) is 0.724. The molecule has 0 unspecified atom stereocenters. The molecule has 7 heteroatoms. The molecule has 7 nitrogen and oxygen atoms in total. The number of hydrogen-bond donors (Lipinski definition) is 2. The van der Waals surface area contributed by atoms with Crippen LogP contribution in [0.5, 0.6) is 0 Å². The molecule has 1 saturated heterocycles. The minimum atomic E-state index is 0.168. The quantitative estimate of drug-likeness (QED) is 0.842. The molecule has 0 aliphatic carbocycles. The largest absolute Gasteiger partial charge is 0.396 e. The fourth-order valence-electron chi connectivity index (χ4n) is 3.36. The van der Waals surface area contributed by atoms with Gasteiger partial charge in [-0.2, -0.15) is 4.98 Å². The molecule has 134 valence electrons. The lowest BCUT2D eigenvalue weighted by Gasteiger charge is -2.41. The molecule has 3 heterocycles. The van der Waals surface area contributed by atoms with E-state index >= 15 is 0 Å². The summed E-state index contributed by atoms with van der Waals surface area (Å²) in [7, 11) is 0. The van der Waals surface area contributed by atoms with Crippen LogP contribution in [0.25, 0.3) is 0 Å². The molecule has 1 aliphatic rings. The van der Waals surface area contributed by atoms with Gasteiger partial charge in [0, 0.05) is 56.3 Å². The maximum atomic E-state index is 9.49. The van der Waals surface area contributed by atoms with E-state index in [-0.39, 0.29) is 12.6 Å². The smallest absolute Gasteiger partial charge is 0.222 e. The van der Waals surface area contributed by atoms with Gasteiger partial charge < -0.3 is 15.7 Å². The number of aliphatic hydroxyl groups is 1. The van der Waals surface area contributed by atoms with Gasteiger partial charge in [-0.05, 0) is 32.4 Å². The van der Waals surface area contributed by atoms with E-state index in [0.717, 1.165) is 55.5 Å². The number of nitrogen functional groups attached to an aromatic ring is 1. The predicted molar refractivity (Wildman–Crippen MR) is 98.3 cm³/mol. The van der Waals surface area contributed by atoms with Crippen molar-refractivity contribution in [1.82, 2.24) is 19.9 Å². The first-order valence-corrected chi connectivity index (χ1v) is 8.68. The lowest BCUT2D eigenvalue weighted by atomic mass is 10.1. The van der Waals surface area contributed by atoms with Gasteiger partial charge in [0.1, 0.15) is 5.82 Å². The lowest BCUT2D eigenvalue weighted by Crippen LogP contribution is -2.53. The second-order valence-corrected chi connectivity index (χ2v) is 6.58. The van der Waals surface area contributed by atoms with E-state index in [4.69, 9.17) is 5.73 Å². The summed E-state index contributed by atoms with van der Waals surface area (Å²) in [6.45, 7) is 7.46. The molecule has 25 heavy (non-hydrogen) atoms.